The lowest BCUT2D eigenvalue weighted by atomic mass is 9.98. The molecule has 0 aliphatic carbocycles. The smallest absolute Gasteiger partial charge is 0.151 e. The van der Waals surface area contributed by atoms with E-state index in [2.05, 4.69) is 9.08 Å². The Kier molecular flexibility index (Phi) is 5.71. The van der Waals surface area contributed by atoms with Gasteiger partial charge >= 0.3 is 0 Å². The van der Waals surface area contributed by atoms with Crippen molar-refractivity contribution in [2.75, 3.05) is 30.9 Å². The van der Waals surface area contributed by atoms with Gasteiger partial charge in [0.1, 0.15) is 9.92 Å². The summed E-state index contributed by atoms with van der Waals surface area (Å²) in [6.07, 6.45) is -0.894. The molecule has 4 unspecified atom stereocenters. The number of anilines is 3. The van der Waals surface area contributed by atoms with E-state index in [1.54, 1.807) is 24.3 Å². The lowest BCUT2D eigenvalue weighted by Crippen LogP contribution is -2.60. The fraction of sp³-hybridized carbons (Fsp3) is 0.250. The molecule has 3 aromatic rings. The van der Waals surface area contributed by atoms with Crippen molar-refractivity contribution in [1.29, 1.82) is 0 Å². The Bertz CT molecular complexity index is 1230. The molecule has 0 radical (unpaired) electrons. The van der Waals surface area contributed by atoms with E-state index in [-0.39, 0.29) is 6.61 Å². The molecular formula is C24H26N4O4S. The molecule has 2 aliphatic heterocycles. The zero-order valence-electron chi connectivity index (χ0n) is 18.1. The topological polar surface area (TPSA) is 109 Å². The molecule has 8 nitrogen and oxygen atoms in total. The quantitative estimate of drug-likeness (QED) is 0.509. The van der Waals surface area contributed by atoms with Crippen molar-refractivity contribution in [2.45, 2.75) is 23.1 Å². The summed E-state index contributed by atoms with van der Waals surface area (Å²) in [4.78, 5) is 2.54. The molecular weight excluding hydrogens is 440 g/mol. The normalized spacial score (nSPS) is 23.6. The number of hydrogen-bond acceptors (Lipinski definition) is 7. The molecule has 172 valence electrons. The van der Waals surface area contributed by atoms with Crippen molar-refractivity contribution < 1.29 is 18.8 Å². The van der Waals surface area contributed by atoms with Crippen LogP contribution >= 0.6 is 0 Å². The molecule has 5 rings (SSSR count). The van der Waals surface area contributed by atoms with Crippen molar-refractivity contribution in [3.8, 4) is 11.5 Å². The third-order valence-electron chi connectivity index (χ3n) is 5.96. The Hall–Kier alpha value is -3.11. The number of nitrogens with zero attached hydrogens (tertiary/aromatic N) is 2. The van der Waals surface area contributed by atoms with Crippen molar-refractivity contribution >= 4 is 27.0 Å². The summed E-state index contributed by atoms with van der Waals surface area (Å²) in [7, 11) is -1.50. The molecule has 9 heteroatoms. The standard InChI is InChI=1S/C24H26N4O4S/c1-26-33(30,17-12-10-16(25)11-13-17)27-18-14-31-15-21(24(18)29)28-19-6-2-4-8-22(19)32-23-9-5-3-7-20(23)28/h2-13,18,21,24,29H,14-15,25H2,1H3,(H,26,27,30). The van der Waals surface area contributed by atoms with Crippen LogP contribution in [-0.2, 0) is 14.7 Å². The zero-order chi connectivity index (χ0) is 23.0. The molecule has 4 N–H and O–H groups in total. The fourth-order valence-corrected chi connectivity index (χ4v) is 5.86. The summed E-state index contributed by atoms with van der Waals surface area (Å²) in [5.41, 5.74) is 8.02. The lowest BCUT2D eigenvalue weighted by Gasteiger charge is -2.44. The maximum atomic E-state index is 13.6. The average Bonchev–Trinajstić information content (AvgIpc) is 2.84. The van der Waals surface area contributed by atoms with Gasteiger partial charge in [-0.2, -0.15) is 0 Å². The molecule has 0 bridgehead atoms. The van der Waals surface area contributed by atoms with Gasteiger partial charge in [0.25, 0.3) is 0 Å². The Labute approximate surface area is 193 Å². The Morgan fingerprint density at radius 1 is 1.00 bits per heavy atom. The van der Waals surface area contributed by atoms with E-state index in [1.165, 1.54) is 7.05 Å². The van der Waals surface area contributed by atoms with E-state index >= 15 is 0 Å². The Morgan fingerprint density at radius 2 is 1.61 bits per heavy atom. The molecule has 33 heavy (non-hydrogen) atoms. The van der Waals surface area contributed by atoms with Crippen molar-refractivity contribution in [2.24, 2.45) is 4.36 Å². The van der Waals surface area contributed by atoms with Crippen LogP contribution in [0.3, 0.4) is 0 Å². The van der Waals surface area contributed by atoms with Crippen LogP contribution in [0.4, 0.5) is 17.1 Å². The summed E-state index contributed by atoms with van der Waals surface area (Å²) in [5, 5.41) is 11.5. The Balaban J connectivity index is 1.48. The number of nitrogens with one attached hydrogen (secondary N) is 1. The van der Waals surface area contributed by atoms with Crippen LogP contribution in [-0.4, -0.2) is 47.8 Å². The third-order valence-corrected chi connectivity index (χ3v) is 8.01. The predicted octanol–water partition coefficient (Wildman–Crippen LogP) is 3.30. The number of para-hydroxylation sites is 4. The van der Waals surface area contributed by atoms with Crippen LogP contribution in [0.1, 0.15) is 0 Å². The molecule has 4 atom stereocenters. The number of ether oxygens (including phenoxy) is 2. The summed E-state index contributed by atoms with van der Waals surface area (Å²) in [6.45, 7) is 0.501. The highest BCUT2D eigenvalue weighted by Gasteiger charge is 2.41. The second-order valence-electron chi connectivity index (χ2n) is 8.00. The highest BCUT2D eigenvalue weighted by Crippen LogP contribution is 2.48. The highest BCUT2D eigenvalue weighted by atomic mass is 32.2. The molecule has 0 spiro atoms. The number of aliphatic hydroxyl groups excluding tert-OH is 1. The van der Waals surface area contributed by atoms with E-state index in [1.807, 2.05) is 53.4 Å². The number of fused-ring (bicyclic) bond motifs is 2. The van der Waals surface area contributed by atoms with E-state index in [4.69, 9.17) is 15.2 Å². The maximum absolute atomic E-state index is 13.6. The first-order chi connectivity index (χ1) is 16.0. The lowest BCUT2D eigenvalue weighted by molar-refractivity contribution is -0.0242. The van der Waals surface area contributed by atoms with Gasteiger partial charge in [0.15, 0.2) is 11.5 Å². The predicted molar refractivity (Wildman–Crippen MR) is 128 cm³/mol. The minimum Gasteiger partial charge on any atom is -0.453 e. The minimum absolute atomic E-state index is 0.201. The molecule has 2 aliphatic rings. The summed E-state index contributed by atoms with van der Waals surface area (Å²) < 4.78 is 32.8. The van der Waals surface area contributed by atoms with Gasteiger partial charge in [-0.05, 0) is 48.5 Å². The highest BCUT2D eigenvalue weighted by molar-refractivity contribution is 7.91. The van der Waals surface area contributed by atoms with Crippen molar-refractivity contribution in [1.82, 2.24) is 4.72 Å². The van der Waals surface area contributed by atoms with Crippen LogP contribution in [0.2, 0.25) is 0 Å². The number of aliphatic hydroxyl groups is 1. The van der Waals surface area contributed by atoms with Gasteiger partial charge < -0.3 is 25.2 Å². The fourth-order valence-electron chi connectivity index (χ4n) is 4.29. The molecule has 1 fully saturated rings. The van der Waals surface area contributed by atoms with Gasteiger partial charge in [0.05, 0.1) is 47.7 Å². The van der Waals surface area contributed by atoms with Gasteiger partial charge in [0.2, 0.25) is 0 Å². The average molecular weight is 467 g/mol. The summed E-state index contributed by atoms with van der Waals surface area (Å²) in [5.74, 6) is 1.40. The van der Waals surface area contributed by atoms with Crippen LogP contribution in [0.5, 0.6) is 11.5 Å². The first-order valence-electron chi connectivity index (χ1n) is 10.7. The van der Waals surface area contributed by atoms with Crippen LogP contribution in [0.15, 0.2) is 82.1 Å². The maximum Gasteiger partial charge on any atom is 0.151 e. The van der Waals surface area contributed by atoms with Gasteiger partial charge in [-0.15, -0.1) is 0 Å². The molecule has 1 saturated heterocycles. The second kappa shape index (κ2) is 8.68. The van der Waals surface area contributed by atoms with E-state index in [9.17, 15) is 9.32 Å². The Morgan fingerprint density at radius 3 is 2.21 bits per heavy atom. The van der Waals surface area contributed by atoms with Crippen LogP contribution < -0.4 is 20.1 Å². The van der Waals surface area contributed by atoms with E-state index < -0.39 is 28.1 Å². The number of benzene rings is 3. The SMILES string of the molecule is CN=S(=O)(NC1COCC(N2c3ccccc3Oc3ccccc32)C1O)c1ccc(N)cc1. The van der Waals surface area contributed by atoms with Crippen molar-refractivity contribution in [3.05, 3.63) is 72.8 Å². The van der Waals surface area contributed by atoms with Gasteiger partial charge in [0, 0.05) is 12.7 Å². The summed E-state index contributed by atoms with van der Waals surface area (Å²) in [6, 6.07) is 21.1. The minimum atomic E-state index is -2.99. The number of nitrogen functional groups attached to an aromatic ring is 1. The summed E-state index contributed by atoms with van der Waals surface area (Å²) >= 11 is 0. The van der Waals surface area contributed by atoms with Gasteiger partial charge in [-0.25, -0.2) is 13.3 Å². The molecule has 3 aromatic carbocycles. The van der Waals surface area contributed by atoms with Crippen LogP contribution in [0.25, 0.3) is 0 Å². The van der Waals surface area contributed by atoms with Gasteiger partial charge in [-0.1, -0.05) is 24.3 Å². The van der Waals surface area contributed by atoms with E-state index in [0.717, 1.165) is 11.4 Å². The van der Waals surface area contributed by atoms with Crippen LogP contribution in [0, 0.1) is 0 Å². The second-order valence-corrected chi connectivity index (χ2v) is 10.1. The zero-order valence-corrected chi connectivity index (χ0v) is 18.9. The van der Waals surface area contributed by atoms with E-state index in [0.29, 0.717) is 28.7 Å². The van der Waals surface area contributed by atoms with Crippen molar-refractivity contribution in [3.63, 3.8) is 0 Å². The molecule has 2 heterocycles. The number of hydrogen-bond donors (Lipinski definition) is 3. The van der Waals surface area contributed by atoms with Gasteiger partial charge in [-0.3, -0.25) is 0 Å². The number of rotatable bonds is 4. The molecule has 0 amide bonds. The largest absolute Gasteiger partial charge is 0.453 e. The molecule has 0 aromatic heterocycles. The first kappa shape index (κ1) is 21.7. The monoisotopic (exact) mass is 466 g/mol. The third kappa shape index (κ3) is 3.93. The first-order valence-corrected chi connectivity index (χ1v) is 12.2. The molecule has 0 saturated carbocycles. The number of nitrogens with two attached hydrogens (primary N) is 1.